The minimum atomic E-state index is -0.987. The zero-order chi connectivity index (χ0) is 36.5. The number of hydrogen-bond donors (Lipinski definition) is 4. The van der Waals surface area contributed by atoms with Crippen LogP contribution < -0.4 is 20.9 Å². The molecule has 3 aliphatic heterocycles. The van der Waals surface area contributed by atoms with Crippen LogP contribution >= 0.6 is 0 Å². The zero-order valence-electron chi connectivity index (χ0n) is 29.3. The predicted octanol–water partition coefficient (Wildman–Crippen LogP) is 4.15. The van der Waals surface area contributed by atoms with Crippen molar-refractivity contribution in [2.45, 2.75) is 95.2 Å². The van der Waals surface area contributed by atoms with Gasteiger partial charge in [0, 0.05) is 48.9 Å². The molecule has 3 fully saturated rings. The van der Waals surface area contributed by atoms with Crippen LogP contribution in [0.15, 0.2) is 48.5 Å². The van der Waals surface area contributed by atoms with Crippen LogP contribution in [0.5, 0.6) is 0 Å². The average Bonchev–Trinajstić information content (AvgIpc) is 3.83. The van der Waals surface area contributed by atoms with E-state index in [1.165, 1.54) is 5.56 Å². The molecule has 1 aliphatic carbocycles. The third-order valence-electron chi connectivity index (χ3n) is 10.5. The number of nitrogens with one attached hydrogen (secondary N) is 4. The lowest BCUT2D eigenvalue weighted by atomic mass is 9.88. The molecular formula is C38H43N7O7. The number of piperidine rings is 2. The van der Waals surface area contributed by atoms with Crippen molar-refractivity contribution < 1.29 is 33.5 Å². The molecule has 2 aromatic carbocycles. The van der Waals surface area contributed by atoms with Gasteiger partial charge in [-0.3, -0.25) is 39.3 Å². The highest BCUT2D eigenvalue weighted by Crippen LogP contribution is 2.37. The SMILES string of the molecule is CC(C)NC(=O)O[C@@H]1CC[C@H](c2cc(NC(=O)Cc3ccc(C4CCN(c5ccc6c(c5)C(=O)N(C5CCC(=O)NC5=O)C6=O)CC4)cc3)n[nH]2)C1. The Morgan fingerprint density at radius 3 is 2.38 bits per heavy atom. The second-order valence-corrected chi connectivity index (χ2v) is 14.4. The smallest absolute Gasteiger partial charge is 0.407 e. The molecule has 7 rings (SSSR count). The van der Waals surface area contributed by atoms with E-state index in [1.54, 1.807) is 12.1 Å². The lowest BCUT2D eigenvalue weighted by Crippen LogP contribution is -2.54. The number of rotatable bonds is 9. The summed E-state index contributed by atoms with van der Waals surface area (Å²) in [6.45, 7) is 5.31. The Balaban J connectivity index is 0.881. The number of anilines is 2. The first kappa shape index (κ1) is 34.9. The van der Waals surface area contributed by atoms with Crippen molar-refractivity contribution in [3.63, 3.8) is 0 Å². The molecule has 0 spiro atoms. The van der Waals surface area contributed by atoms with Gasteiger partial charge in [-0.25, -0.2) is 4.79 Å². The topological polar surface area (TPSA) is 183 Å². The first-order valence-corrected chi connectivity index (χ1v) is 18.0. The molecule has 2 saturated heterocycles. The van der Waals surface area contributed by atoms with E-state index in [4.69, 9.17) is 4.74 Å². The normalized spacial score (nSPS) is 22.1. The standard InChI is InChI=1S/C38H43N7O7/c1-21(2)39-38(51)52-27-9-7-25(18-27)30-20-32(43-42-30)40-34(47)17-22-3-5-23(6-4-22)24-13-15-44(16-14-24)26-8-10-28-29(19-26)37(50)45(36(28)49)31-11-12-33(46)41-35(31)48/h3-6,8,10,19-21,24-25,27,31H,7,9,11-18H2,1-2H3,(H,39,51)(H,41,46,48)(H2,40,42,43,47)/t25-,27+,31?/m0/s1. The third kappa shape index (κ3) is 7.41. The van der Waals surface area contributed by atoms with Crippen molar-refractivity contribution >= 4 is 47.1 Å². The van der Waals surface area contributed by atoms with Gasteiger partial charge in [-0.2, -0.15) is 5.10 Å². The van der Waals surface area contributed by atoms with Gasteiger partial charge in [0.05, 0.1) is 17.5 Å². The van der Waals surface area contributed by atoms with Gasteiger partial charge in [-0.05, 0) is 87.6 Å². The van der Waals surface area contributed by atoms with Crippen molar-refractivity contribution in [2.75, 3.05) is 23.3 Å². The Kier molecular flexibility index (Phi) is 9.80. The Morgan fingerprint density at radius 1 is 0.904 bits per heavy atom. The maximum Gasteiger partial charge on any atom is 0.407 e. The number of carbonyl (C=O) groups is 6. The number of aromatic amines is 1. The molecule has 1 saturated carbocycles. The lowest BCUT2D eigenvalue weighted by molar-refractivity contribution is -0.136. The molecule has 52 heavy (non-hydrogen) atoms. The van der Waals surface area contributed by atoms with E-state index in [2.05, 4.69) is 43.2 Å². The Labute approximate surface area is 301 Å². The maximum atomic E-state index is 13.3. The molecule has 4 heterocycles. The van der Waals surface area contributed by atoms with Crippen LogP contribution in [0.4, 0.5) is 16.3 Å². The molecule has 6 amide bonds. The quantitative estimate of drug-likeness (QED) is 0.237. The largest absolute Gasteiger partial charge is 0.446 e. The molecule has 4 N–H and O–H groups in total. The number of H-pyrrole nitrogens is 1. The molecule has 3 aromatic rings. The minimum Gasteiger partial charge on any atom is -0.446 e. The summed E-state index contributed by atoms with van der Waals surface area (Å²) in [4.78, 5) is 78.3. The molecule has 14 nitrogen and oxygen atoms in total. The van der Waals surface area contributed by atoms with Crippen molar-refractivity contribution in [3.05, 3.63) is 76.5 Å². The van der Waals surface area contributed by atoms with E-state index in [-0.39, 0.29) is 54.4 Å². The number of amides is 6. The van der Waals surface area contributed by atoms with Crippen LogP contribution in [-0.4, -0.2) is 82.0 Å². The molecular weight excluding hydrogens is 666 g/mol. The third-order valence-corrected chi connectivity index (χ3v) is 10.5. The lowest BCUT2D eigenvalue weighted by Gasteiger charge is -2.34. The molecule has 272 valence electrons. The van der Waals surface area contributed by atoms with Gasteiger partial charge in [0.2, 0.25) is 17.7 Å². The number of nitrogens with zero attached hydrogens (tertiary/aromatic N) is 3. The number of ether oxygens (including phenoxy) is 1. The fourth-order valence-electron chi connectivity index (χ4n) is 7.77. The first-order valence-electron chi connectivity index (χ1n) is 18.0. The van der Waals surface area contributed by atoms with Crippen LogP contribution in [0.1, 0.15) is 108 Å². The Hall–Kier alpha value is -5.53. The molecule has 0 radical (unpaired) electrons. The summed E-state index contributed by atoms with van der Waals surface area (Å²) in [5, 5.41) is 15.2. The fraction of sp³-hybridized carbons (Fsp3) is 0.447. The summed E-state index contributed by atoms with van der Waals surface area (Å²) in [5.41, 5.74) is 4.42. The van der Waals surface area contributed by atoms with E-state index < -0.39 is 35.8 Å². The number of fused-ring (bicyclic) bond motifs is 1. The monoisotopic (exact) mass is 709 g/mol. The summed E-state index contributed by atoms with van der Waals surface area (Å²) in [6, 6.07) is 14.3. The summed E-state index contributed by atoms with van der Waals surface area (Å²) in [7, 11) is 0. The van der Waals surface area contributed by atoms with Crippen molar-refractivity contribution in [1.82, 2.24) is 25.7 Å². The summed E-state index contributed by atoms with van der Waals surface area (Å²) in [6.07, 6.45) is 4.01. The van der Waals surface area contributed by atoms with Gasteiger partial charge < -0.3 is 20.3 Å². The van der Waals surface area contributed by atoms with E-state index in [1.807, 2.05) is 38.1 Å². The highest BCUT2D eigenvalue weighted by atomic mass is 16.6. The molecule has 3 atom stereocenters. The minimum absolute atomic E-state index is 0.0186. The maximum absolute atomic E-state index is 13.3. The highest BCUT2D eigenvalue weighted by molar-refractivity contribution is 6.23. The van der Waals surface area contributed by atoms with E-state index in [0.717, 1.165) is 60.6 Å². The first-order chi connectivity index (χ1) is 25.0. The summed E-state index contributed by atoms with van der Waals surface area (Å²) < 4.78 is 5.53. The van der Waals surface area contributed by atoms with Crippen molar-refractivity contribution in [1.29, 1.82) is 0 Å². The Morgan fingerprint density at radius 2 is 1.65 bits per heavy atom. The number of alkyl carbamates (subject to hydrolysis) is 1. The van der Waals surface area contributed by atoms with E-state index in [0.29, 0.717) is 18.2 Å². The Bertz CT molecular complexity index is 1900. The van der Waals surface area contributed by atoms with Gasteiger partial charge >= 0.3 is 6.09 Å². The van der Waals surface area contributed by atoms with Crippen LogP contribution in [0.2, 0.25) is 0 Å². The second-order valence-electron chi connectivity index (χ2n) is 14.4. The average molecular weight is 710 g/mol. The predicted molar refractivity (Wildman–Crippen MR) is 190 cm³/mol. The number of carbonyl (C=O) groups excluding carboxylic acids is 6. The molecule has 0 bridgehead atoms. The second kappa shape index (κ2) is 14.6. The molecule has 4 aliphatic rings. The summed E-state index contributed by atoms with van der Waals surface area (Å²) >= 11 is 0. The van der Waals surface area contributed by atoms with Crippen molar-refractivity contribution in [2.24, 2.45) is 0 Å². The van der Waals surface area contributed by atoms with E-state index >= 15 is 0 Å². The highest BCUT2D eigenvalue weighted by Gasteiger charge is 2.45. The summed E-state index contributed by atoms with van der Waals surface area (Å²) in [5.74, 6) is -1.21. The number of imide groups is 2. The number of hydrogen-bond acceptors (Lipinski definition) is 9. The van der Waals surface area contributed by atoms with Crippen LogP contribution in [-0.2, 0) is 25.5 Å². The van der Waals surface area contributed by atoms with Gasteiger partial charge in [0.1, 0.15) is 12.1 Å². The van der Waals surface area contributed by atoms with Gasteiger partial charge in [0.25, 0.3) is 11.8 Å². The zero-order valence-corrected chi connectivity index (χ0v) is 29.3. The van der Waals surface area contributed by atoms with Crippen molar-refractivity contribution in [3.8, 4) is 0 Å². The van der Waals surface area contributed by atoms with Crippen LogP contribution in [0, 0.1) is 0 Å². The van der Waals surface area contributed by atoms with Gasteiger partial charge in [-0.1, -0.05) is 24.3 Å². The van der Waals surface area contributed by atoms with Crippen LogP contribution in [0.25, 0.3) is 0 Å². The number of benzene rings is 2. The van der Waals surface area contributed by atoms with Gasteiger partial charge in [0.15, 0.2) is 5.82 Å². The van der Waals surface area contributed by atoms with Gasteiger partial charge in [-0.15, -0.1) is 0 Å². The van der Waals surface area contributed by atoms with E-state index in [9.17, 15) is 28.8 Å². The van der Waals surface area contributed by atoms with Crippen LogP contribution in [0.3, 0.4) is 0 Å². The molecule has 1 aromatic heterocycles. The number of aromatic nitrogens is 2. The fourth-order valence-corrected chi connectivity index (χ4v) is 7.77. The molecule has 14 heteroatoms. The molecule has 1 unspecified atom stereocenters.